The van der Waals surface area contributed by atoms with Crippen molar-refractivity contribution in [1.29, 1.82) is 0 Å². The van der Waals surface area contributed by atoms with E-state index < -0.39 is 0 Å². The van der Waals surface area contributed by atoms with Crippen molar-refractivity contribution in [3.8, 4) is 0 Å². The molecule has 1 spiro atoms. The quantitative estimate of drug-likeness (QED) is 0.745. The highest BCUT2D eigenvalue weighted by molar-refractivity contribution is 6.30. The lowest BCUT2D eigenvalue weighted by molar-refractivity contribution is -0.122. The minimum absolute atomic E-state index is 0.0135. The summed E-state index contributed by atoms with van der Waals surface area (Å²) < 4.78 is 5.91. The molecule has 0 N–H and O–H groups in total. The van der Waals surface area contributed by atoms with E-state index in [0.29, 0.717) is 16.9 Å². The van der Waals surface area contributed by atoms with Gasteiger partial charge >= 0.3 is 0 Å². The molecule has 24 heavy (non-hydrogen) atoms. The molecule has 0 bridgehead atoms. The number of likely N-dealkylation sites (tertiary alicyclic amines) is 1. The molecular formula is C20H28ClNO2. The van der Waals surface area contributed by atoms with Crippen LogP contribution in [-0.4, -0.2) is 42.5 Å². The molecule has 1 atom stereocenters. The number of hydrogen-bond acceptors (Lipinski definition) is 3. The number of hydrogen-bond donors (Lipinski definition) is 0. The van der Waals surface area contributed by atoms with Gasteiger partial charge in [0.1, 0.15) is 0 Å². The Bertz CT molecular complexity index is 580. The number of rotatable bonds is 4. The maximum absolute atomic E-state index is 12.4. The Morgan fingerprint density at radius 3 is 2.71 bits per heavy atom. The molecule has 2 aliphatic heterocycles. The minimum atomic E-state index is -0.0135. The molecule has 0 saturated carbocycles. The molecule has 3 rings (SSSR count). The third-order valence-electron chi connectivity index (χ3n) is 5.49. The van der Waals surface area contributed by atoms with E-state index in [1.54, 1.807) is 12.1 Å². The van der Waals surface area contributed by atoms with Crippen molar-refractivity contribution in [2.75, 3.05) is 26.2 Å². The smallest absolute Gasteiger partial charge is 0.164 e. The first-order valence-electron chi connectivity index (χ1n) is 9.03. The summed E-state index contributed by atoms with van der Waals surface area (Å²) in [7, 11) is 0. The van der Waals surface area contributed by atoms with Gasteiger partial charge in [-0.1, -0.05) is 11.6 Å². The molecule has 2 fully saturated rings. The number of ketones is 1. The summed E-state index contributed by atoms with van der Waals surface area (Å²) >= 11 is 5.89. The van der Waals surface area contributed by atoms with Gasteiger partial charge in [0.05, 0.1) is 5.60 Å². The van der Waals surface area contributed by atoms with Gasteiger partial charge in [0.15, 0.2) is 5.78 Å². The van der Waals surface area contributed by atoms with E-state index in [9.17, 15) is 4.79 Å². The van der Waals surface area contributed by atoms with Gasteiger partial charge in [-0.3, -0.25) is 4.79 Å². The van der Waals surface area contributed by atoms with Crippen LogP contribution < -0.4 is 0 Å². The Hall–Kier alpha value is -0.900. The molecule has 132 valence electrons. The van der Waals surface area contributed by atoms with Crippen LogP contribution in [0.15, 0.2) is 24.3 Å². The standard InChI is InChI=1S/C20H28ClNO2/c1-19(2)14-20(10-13-24-19)9-3-11-22(15-20)12-8-18(23)16-4-6-17(21)7-5-16/h4-7H,3,8-15H2,1-2H3/t20-/m1/s1. The summed E-state index contributed by atoms with van der Waals surface area (Å²) in [6, 6.07) is 7.22. The first-order chi connectivity index (χ1) is 11.4. The number of carbonyl (C=O) groups excluding carboxylic acids is 1. The summed E-state index contributed by atoms with van der Waals surface area (Å²) in [5.41, 5.74) is 1.13. The number of Topliss-reactive ketones (excluding diaryl/α,β-unsaturated/α-hetero) is 1. The fraction of sp³-hybridized carbons (Fsp3) is 0.650. The van der Waals surface area contributed by atoms with E-state index in [-0.39, 0.29) is 11.4 Å². The van der Waals surface area contributed by atoms with E-state index in [4.69, 9.17) is 16.3 Å². The second-order valence-electron chi connectivity index (χ2n) is 8.09. The number of benzene rings is 1. The molecule has 0 radical (unpaired) electrons. The van der Waals surface area contributed by atoms with Gasteiger partial charge in [-0.15, -0.1) is 0 Å². The van der Waals surface area contributed by atoms with E-state index in [1.165, 1.54) is 12.8 Å². The lowest BCUT2D eigenvalue weighted by Crippen LogP contribution is -2.50. The highest BCUT2D eigenvalue weighted by Gasteiger charge is 2.43. The maximum atomic E-state index is 12.4. The van der Waals surface area contributed by atoms with E-state index in [2.05, 4.69) is 18.7 Å². The predicted octanol–water partition coefficient (Wildman–Crippen LogP) is 4.58. The minimum Gasteiger partial charge on any atom is -0.376 e. The molecule has 4 heteroatoms. The van der Waals surface area contributed by atoms with E-state index in [0.717, 1.165) is 44.6 Å². The summed E-state index contributed by atoms with van der Waals surface area (Å²) in [5.74, 6) is 0.207. The Morgan fingerprint density at radius 2 is 2.00 bits per heavy atom. The number of halogens is 1. The number of carbonyl (C=O) groups is 1. The summed E-state index contributed by atoms with van der Waals surface area (Å²) in [5, 5.41) is 0.673. The van der Waals surface area contributed by atoms with Crippen LogP contribution in [0.4, 0.5) is 0 Å². The summed E-state index contributed by atoms with van der Waals surface area (Å²) in [6.07, 6.45) is 5.38. The van der Waals surface area contributed by atoms with Crippen LogP contribution in [0.5, 0.6) is 0 Å². The maximum Gasteiger partial charge on any atom is 0.164 e. The zero-order chi connectivity index (χ0) is 17.2. The van der Waals surface area contributed by atoms with Crippen molar-refractivity contribution >= 4 is 17.4 Å². The number of ether oxygens (including phenoxy) is 1. The van der Waals surface area contributed by atoms with Crippen molar-refractivity contribution in [2.45, 2.75) is 51.6 Å². The second-order valence-corrected chi connectivity index (χ2v) is 8.53. The molecular weight excluding hydrogens is 322 g/mol. The molecule has 3 nitrogen and oxygen atoms in total. The molecule has 2 heterocycles. The Balaban J connectivity index is 1.56. The van der Waals surface area contributed by atoms with Gasteiger partial charge < -0.3 is 9.64 Å². The van der Waals surface area contributed by atoms with Gasteiger partial charge in [-0.2, -0.15) is 0 Å². The molecule has 0 unspecified atom stereocenters. The Morgan fingerprint density at radius 1 is 1.25 bits per heavy atom. The Kier molecular flexibility index (Phi) is 5.33. The zero-order valence-electron chi connectivity index (χ0n) is 14.8. The van der Waals surface area contributed by atoms with E-state index in [1.807, 2.05) is 12.1 Å². The molecule has 1 aromatic carbocycles. The van der Waals surface area contributed by atoms with Crippen molar-refractivity contribution in [1.82, 2.24) is 4.90 Å². The van der Waals surface area contributed by atoms with Gasteiger partial charge in [0, 0.05) is 36.7 Å². The average molecular weight is 350 g/mol. The summed E-state index contributed by atoms with van der Waals surface area (Å²) in [6.45, 7) is 8.34. The lowest BCUT2D eigenvalue weighted by Gasteiger charge is -2.50. The van der Waals surface area contributed by atoms with Crippen LogP contribution in [0.25, 0.3) is 0 Å². The van der Waals surface area contributed by atoms with E-state index >= 15 is 0 Å². The first kappa shape index (κ1) is 17.9. The number of nitrogens with zero attached hydrogens (tertiary/aromatic N) is 1. The van der Waals surface area contributed by atoms with Gasteiger partial charge in [0.2, 0.25) is 0 Å². The van der Waals surface area contributed by atoms with Crippen LogP contribution in [0.3, 0.4) is 0 Å². The normalized spacial score (nSPS) is 27.3. The van der Waals surface area contributed by atoms with Gasteiger partial charge in [-0.25, -0.2) is 0 Å². The highest BCUT2D eigenvalue weighted by atomic mass is 35.5. The van der Waals surface area contributed by atoms with Crippen LogP contribution in [0.2, 0.25) is 5.02 Å². The SMILES string of the molecule is CC1(C)C[C@@]2(CCCN(CCC(=O)c3ccc(Cl)cc3)C2)CCO1. The van der Waals surface area contributed by atoms with Crippen LogP contribution in [0, 0.1) is 5.41 Å². The monoisotopic (exact) mass is 349 g/mol. The zero-order valence-corrected chi connectivity index (χ0v) is 15.6. The molecule has 2 saturated heterocycles. The van der Waals surface area contributed by atoms with Crippen molar-refractivity contribution < 1.29 is 9.53 Å². The fourth-order valence-electron chi connectivity index (χ4n) is 4.48. The average Bonchev–Trinajstić information content (AvgIpc) is 2.52. The third-order valence-corrected chi connectivity index (χ3v) is 5.74. The van der Waals surface area contributed by atoms with Gasteiger partial charge in [0.25, 0.3) is 0 Å². The van der Waals surface area contributed by atoms with Crippen LogP contribution in [0.1, 0.15) is 56.3 Å². The van der Waals surface area contributed by atoms with Crippen molar-refractivity contribution in [2.24, 2.45) is 5.41 Å². The molecule has 0 amide bonds. The van der Waals surface area contributed by atoms with Crippen molar-refractivity contribution in [3.05, 3.63) is 34.9 Å². The number of piperidine rings is 1. The molecule has 0 aromatic heterocycles. The lowest BCUT2D eigenvalue weighted by atomic mass is 9.69. The molecule has 0 aliphatic carbocycles. The molecule has 1 aromatic rings. The Labute approximate surface area is 150 Å². The fourth-order valence-corrected chi connectivity index (χ4v) is 4.60. The van der Waals surface area contributed by atoms with Crippen LogP contribution in [-0.2, 0) is 4.74 Å². The van der Waals surface area contributed by atoms with Gasteiger partial charge in [-0.05, 0) is 75.8 Å². The topological polar surface area (TPSA) is 29.5 Å². The first-order valence-corrected chi connectivity index (χ1v) is 9.41. The van der Waals surface area contributed by atoms with Crippen LogP contribution >= 0.6 is 11.6 Å². The largest absolute Gasteiger partial charge is 0.376 e. The second kappa shape index (κ2) is 7.15. The van der Waals surface area contributed by atoms with Crippen molar-refractivity contribution in [3.63, 3.8) is 0 Å². The highest BCUT2D eigenvalue weighted by Crippen LogP contribution is 2.44. The summed E-state index contributed by atoms with van der Waals surface area (Å²) in [4.78, 5) is 14.9. The molecule has 2 aliphatic rings. The third kappa shape index (κ3) is 4.38. The predicted molar refractivity (Wildman–Crippen MR) is 97.8 cm³/mol.